The molecule has 2 aromatic rings. The molecule has 1 heterocycles. The predicted molar refractivity (Wildman–Crippen MR) is 92.4 cm³/mol. The Morgan fingerprint density at radius 3 is 2.72 bits per heavy atom. The van der Waals surface area contributed by atoms with E-state index in [0.29, 0.717) is 5.75 Å². The summed E-state index contributed by atoms with van der Waals surface area (Å²) in [5, 5.41) is 14.7. The number of rotatable bonds is 3. The molecule has 0 amide bonds. The van der Waals surface area contributed by atoms with E-state index in [-0.39, 0.29) is 29.4 Å². The van der Waals surface area contributed by atoms with Gasteiger partial charge in [-0.05, 0) is 35.6 Å². The van der Waals surface area contributed by atoms with E-state index in [1.165, 1.54) is 25.3 Å². The number of halogens is 1. The van der Waals surface area contributed by atoms with Crippen molar-refractivity contribution in [3.8, 4) is 5.75 Å². The van der Waals surface area contributed by atoms with Crippen molar-refractivity contribution in [3.63, 3.8) is 0 Å². The molecular formula is C19H17FN2O3. The van der Waals surface area contributed by atoms with Crippen molar-refractivity contribution in [2.45, 2.75) is 18.4 Å². The highest BCUT2D eigenvalue weighted by molar-refractivity contribution is 5.71. The molecule has 2 aromatic carbocycles. The Kier molecular flexibility index (Phi) is 3.67. The molecule has 0 fully saturated rings. The average molecular weight is 340 g/mol. The summed E-state index contributed by atoms with van der Waals surface area (Å²) in [6.45, 7) is 0. The zero-order valence-corrected chi connectivity index (χ0v) is 13.6. The summed E-state index contributed by atoms with van der Waals surface area (Å²) in [4.78, 5) is 10.8. The summed E-state index contributed by atoms with van der Waals surface area (Å²) in [5.41, 5.74) is 2.67. The number of anilines is 1. The number of allylic oxidation sites excluding steroid dienone is 2. The highest BCUT2D eigenvalue weighted by Gasteiger charge is 2.40. The fourth-order valence-electron chi connectivity index (χ4n) is 3.92. The molecule has 3 unspecified atom stereocenters. The molecule has 25 heavy (non-hydrogen) atoms. The van der Waals surface area contributed by atoms with Crippen LogP contribution < -0.4 is 10.1 Å². The monoisotopic (exact) mass is 340 g/mol. The largest absolute Gasteiger partial charge is 0.494 e. The molecule has 128 valence electrons. The number of hydrogen-bond donors (Lipinski definition) is 1. The van der Waals surface area contributed by atoms with Crippen molar-refractivity contribution in [1.82, 2.24) is 0 Å². The molecule has 0 aromatic heterocycles. The second-order valence-corrected chi connectivity index (χ2v) is 6.40. The molecule has 1 aliphatic heterocycles. The van der Waals surface area contributed by atoms with E-state index in [0.717, 1.165) is 23.2 Å². The van der Waals surface area contributed by atoms with Gasteiger partial charge in [-0.2, -0.15) is 0 Å². The summed E-state index contributed by atoms with van der Waals surface area (Å²) in [7, 11) is 1.50. The van der Waals surface area contributed by atoms with Crippen LogP contribution in [-0.4, -0.2) is 12.0 Å². The van der Waals surface area contributed by atoms with Crippen molar-refractivity contribution in [2.24, 2.45) is 5.92 Å². The zero-order valence-electron chi connectivity index (χ0n) is 13.6. The van der Waals surface area contributed by atoms with Crippen LogP contribution in [0.25, 0.3) is 0 Å². The Morgan fingerprint density at radius 1 is 1.28 bits per heavy atom. The lowest BCUT2D eigenvalue weighted by Crippen LogP contribution is -2.29. The number of nitro groups is 1. The second kappa shape index (κ2) is 5.88. The molecular weight excluding hydrogens is 323 g/mol. The Hall–Kier alpha value is -2.89. The van der Waals surface area contributed by atoms with Crippen LogP contribution in [0.5, 0.6) is 5.75 Å². The van der Waals surface area contributed by atoms with Gasteiger partial charge in [0.05, 0.1) is 29.8 Å². The minimum atomic E-state index is -0.400. The van der Waals surface area contributed by atoms with Crippen LogP contribution in [0.1, 0.15) is 29.5 Å². The van der Waals surface area contributed by atoms with Crippen molar-refractivity contribution in [1.29, 1.82) is 0 Å². The van der Waals surface area contributed by atoms with E-state index >= 15 is 0 Å². The van der Waals surface area contributed by atoms with Gasteiger partial charge in [0, 0.05) is 12.0 Å². The van der Waals surface area contributed by atoms with Gasteiger partial charge in [-0.3, -0.25) is 10.1 Å². The van der Waals surface area contributed by atoms with Crippen molar-refractivity contribution in [2.75, 3.05) is 12.4 Å². The number of benzene rings is 2. The Morgan fingerprint density at radius 2 is 2.04 bits per heavy atom. The molecule has 0 saturated heterocycles. The number of methoxy groups -OCH3 is 1. The first-order valence-electron chi connectivity index (χ1n) is 8.13. The van der Waals surface area contributed by atoms with Gasteiger partial charge in [0.15, 0.2) is 0 Å². The maximum atomic E-state index is 13.3. The maximum absolute atomic E-state index is 13.3. The third-order valence-corrected chi connectivity index (χ3v) is 5.08. The number of nitro benzene ring substituents is 1. The van der Waals surface area contributed by atoms with Gasteiger partial charge in [-0.25, -0.2) is 4.39 Å². The summed E-state index contributed by atoms with van der Waals surface area (Å²) < 4.78 is 18.7. The quantitative estimate of drug-likeness (QED) is 0.505. The van der Waals surface area contributed by atoms with E-state index < -0.39 is 4.92 Å². The van der Waals surface area contributed by atoms with Gasteiger partial charge < -0.3 is 10.1 Å². The fraction of sp³-hybridized carbons (Fsp3) is 0.263. The predicted octanol–water partition coefficient (Wildman–Crippen LogP) is 4.57. The molecule has 0 saturated carbocycles. The molecule has 2 aliphatic rings. The molecule has 5 nitrogen and oxygen atoms in total. The Labute approximate surface area is 144 Å². The minimum absolute atomic E-state index is 0.0107. The molecule has 4 rings (SSSR count). The lowest BCUT2D eigenvalue weighted by Gasteiger charge is -2.38. The highest BCUT2D eigenvalue weighted by atomic mass is 19.1. The summed E-state index contributed by atoms with van der Waals surface area (Å²) in [5.74, 6) is 0.481. The number of fused-ring (bicyclic) bond motifs is 3. The van der Waals surface area contributed by atoms with Gasteiger partial charge in [0.1, 0.15) is 11.6 Å². The molecule has 0 bridgehead atoms. The highest BCUT2D eigenvalue weighted by Crippen LogP contribution is 2.53. The molecule has 6 heteroatoms. The van der Waals surface area contributed by atoms with Gasteiger partial charge >= 0.3 is 0 Å². The first-order chi connectivity index (χ1) is 12.1. The number of non-ortho nitro benzene ring substituents is 1. The minimum Gasteiger partial charge on any atom is -0.494 e. The van der Waals surface area contributed by atoms with Crippen LogP contribution in [0.3, 0.4) is 0 Å². The van der Waals surface area contributed by atoms with Crippen LogP contribution in [0.4, 0.5) is 15.8 Å². The first-order valence-corrected chi connectivity index (χ1v) is 8.13. The van der Waals surface area contributed by atoms with Gasteiger partial charge in [0.25, 0.3) is 5.69 Å². The SMILES string of the molecule is COc1cc([N+](=O)[O-])cc2c1NC(c1ccc(F)cc1)C1CC=CC21. The second-order valence-electron chi connectivity index (χ2n) is 6.40. The van der Waals surface area contributed by atoms with Crippen LogP contribution in [0, 0.1) is 21.8 Å². The Balaban J connectivity index is 1.84. The van der Waals surface area contributed by atoms with Gasteiger partial charge in [-0.1, -0.05) is 24.3 Å². The third-order valence-electron chi connectivity index (χ3n) is 5.08. The summed E-state index contributed by atoms with van der Waals surface area (Å²) >= 11 is 0. The third kappa shape index (κ3) is 2.54. The van der Waals surface area contributed by atoms with Gasteiger partial charge in [-0.15, -0.1) is 0 Å². The van der Waals surface area contributed by atoms with Crippen LogP contribution in [-0.2, 0) is 0 Å². The average Bonchev–Trinajstić information content (AvgIpc) is 3.10. The van der Waals surface area contributed by atoms with Crippen molar-refractivity contribution < 1.29 is 14.1 Å². The summed E-state index contributed by atoms with van der Waals surface area (Å²) in [6.07, 6.45) is 5.07. The van der Waals surface area contributed by atoms with E-state index in [1.807, 2.05) is 0 Å². The standard InChI is InChI=1S/C19H17FN2O3/c1-25-17-10-13(22(23)24)9-16-14-3-2-4-15(14)18(21-19(16)17)11-5-7-12(20)8-6-11/h2-3,5-10,14-15,18,21H,4H2,1H3. The molecule has 1 aliphatic carbocycles. The van der Waals surface area contributed by atoms with Crippen LogP contribution in [0.2, 0.25) is 0 Å². The topological polar surface area (TPSA) is 64.4 Å². The molecule has 0 radical (unpaired) electrons. The van der Waals surface area contributed by atoms with Gasteiger partial charge in [0.2, 0.25) is 0 Å². The smallest absolute Gasteiger partial charge is 0.273 e. The first kappa shape index (κ1) is 15.6. The van der Waals surface area contributed by atoms with E-state index in [4.69, 9.17) is 4.74 Å². The molecule has 1 N–H and O–H groups in total. The number of nitrogens with zero attached hydrogens (tertiary/aromatic N) is 1. The number of hydrogen-bond acceptors (Lipinski definition) is 4. The van der Waals surface area contributed by atoms with E-state index in [1.54, 1.807) is 18.2 Å². The summed E-state index contributed by atoms with van der Waals surface area (Å²) in [6, 6.07) is 9.53. The van der Waals surface area contributed by atoms with Crippen molar-refractivity contribution >= 4 is 11.4 Å². The van der Waals surface area contributed by atoms with Crippen molar-refractivity contribution in [3.05, 3.63) is 75.6 Å². The van der Waals surface area contributed by atoms with Crippen LogP contribution >= 0.6 is 0 Å². The Bertz CT molecular complexity index is 864. The van der Waals surface area contributed by atoms with E-state index in [2.05, 4.69) is 17.5 Å². The van der Waals surface area contributed by atoms with Crippen LogP contribution in [0.15, 0.2) is 48.6 Å². The lowest BCUT2D eigenvalue weighted by atomic mass is 9.76. The lowest BCUT2D eigenvalue weighted by molar-refractivity contribution is -0.385. The fourth-order valence-corrected chi connectivity index (χ4v) is 3.92. The maximum Gasteiger partial charge on any atom is 0.273 e. The molecule has 0 spiro atoms. The number of nitrogens with one attached hydrogen (secondary N) is 1. The normalized spacial score (nSPS) is 23.5. The van der Waals surface area contributed by atoms with E-state index in [9.17, 15) is 14.5 Å². The zero-order chi connectivity index (χ0) is 17.6. The number of ether oxygens (including phenoxy) is 1. The molecule has 3 atom stereocenters.